The number of rotatable bonds is 4. The van der Waals surface area contributed by atoms with Crippen LogP contribution in [0.15, 0.2) is 43.0 Å². The van der Waals surface area contributed by atoms with Gasteiger partial charge in [-0.3, -0.25) is 4.79 Å². The van der Waals surface area contributed by atoms with Gasteiger partial charge in [-0.2, -0.15) is 0 Å². The van der Waals surface area contributed by atoms with Crippen molar-refractivity contribution in [2.45, 2.75) is 31.7 Å². The van der Waals surface area contributed by atoms with Crippen molar-refractivity contribution in [2.75, 3.05) is 38.5 Å². The highest BCUT2D eigenvalue weighted by Crippen LogP contribution is 2.27. The van der Waals surface area contributed by atoms with Gasteiger partial charge >= 0.3 is 0 Å². The highest BCUT2D eigenvalue weighted by Gasteiger charge is 2.30. The maximum Gasteiger partial charge on any atom is 0.228 e. The predicted molar refractivity (Wildman–Crippen MR) is 127 cm³/mol. The summed E-state index contributed by atoms with van der Waals surface area (Å²) in [4.78, 5) is 26.6. The number of piperidine rings is 2. The standard InChI is InChI=1S/C25H32N6O/c1-29-9-7-22(8-10-29)31-11-5-18(6-12-31)25(32)28-24-14-21-13-19(3-4-20(21)15-27-24)23-16-26-17-30(23)2/h3-4,13-18,22H,5-12H2,1-2H3,(H,27,28,32). The molecule has 4 heterocycles. The van der Waals surface area contributed by atoms with E-state index in [0.29, 0.717) is 11.9 Å². The highest BCUT2D eigenvalue weighted by molar-refractivity contribution is 5.95. The largest absolute Gasteiger partial charge is 0.334 e. The molecular weight excluding hydrogens is 400 g/mol. The van der Waals surface area contributed by atoms with Gasteiger partial charge in [-0.25, -0.2) is 9.97 Å². The lowest BCUT2D eigenvalue weighted by molar-refractivity contribution is -0.121. The molecule has 0 saturated carbocycles. The van der Waals surface area contributed by atoms with Crippen LogP contribution in [0.4, 0.5) is 5.82 Å². The Morgan fingerprint density at radius 3 is 2.47 bits per heavy atom. The molecule has 0 aliphatic carbocycles. The van der Waals surface area contributed by atoms with Crippen molar-refractivity contribution in [2.24, 2.45) is 13.0 Å². The summed E-state index contributed by atoms with van der Waals surface area (Å²) in [7, 11) is 4.19. The number of carbonyl (C=O) groups excluding carboxylic acids is 1. The third-order valence-electron chi connectivity index (χ3n) is 7.19. The van der Waals surface area contributed by atoms with Crippen molar-refractivity contribution >= 4 is 22.5 Å². The maximum absolute atomic E-state index is 12.9. The molecule has 1 amide bonds. The summed E-state index contributed by atoms with van der Waals surface area (Å²) >= 11 is 0. The van der Waals surface area contributed by atoms with E-state index in [1.807, 2.05) is 30.1 Å². The third-order valence-corrected chi connectivity index (χ3v) is 7.19. The Balaban J connectivity index is 1.22. The molecule has 7 heteroatoms. The van der Waals surface area contributed by atoms with Crippen molar-refractivity contribution in [1.82, 2.24) is 24.3 Å². The van der Waals surface area contributed by atoms with Crippen LogP contribution in [0.3, 0.4) is 0 Å². The zero-order valence-electron chi connectivity index (χ0n) is 19.0. The Hall–Kier alpha value is -2.77. The van der Waals surface area contributed by atoms with Crippen LogP contribution in [0.5, 0.6) is 0 Å². The number of carbonyl (C=O) groups is 1. The van der Waals surface area contributed by atoms with Gasteiger partial charge < -0.3 is 19.7 Å². The van der Waals surface area contributed by atoms with Crippen LogP contribution in [0.2, 0.25) is 0 Å². The molecule has 3 aromatic rings. The normalized spacial score (nSPS) is 19.4. The number of anilines is 1. The minimum absolute atomic E-state index is 0.0655. The fourth-order valence-corrected chi connectivity index (χ4v) is 5.12. The molecule has 168 valence electrons. The Morgan fingerprint density at radius 2 is 1.75 bits per heavy atom. The second-order valence-corrected chi connectivity index (χ2v) is 9.36. The quantitative estimate of drug-likeness (QED) is 0.685. The fraction of sp³-hybridized carbons (Fsp3) is 0.480. The Morgan fingerprint density at radius 1 is 0.969 bits per heavy atom. The predicted octanol–water partition coefficient (Wildman–Crippen LogP) is 3.38. The molecule has 32 heavy (non-hydrogen) atoms. The number of fused-ring (bicyclic) bond motifs is 1. The SMILES string of the molecule is CN1CCC(N2CCC(C(=O)Nc3cc4cc(-c5cncn5C)ccc4cn3)CC2)CC1. The molecule has 7 nitrogen and oxygen atoms in total. The van der Waals surface area contributed by atoms with Crippen LogP contribution in [0, 0.1) is 5.92 Å². The number of likely N-dealkylation sites (tertiary alicyclic amines) is 2. The molecule has 0 atom stereocenters. The van der Waals surface area contributed by atoms with Gasteiger partial charge in [0.2, 0.25) is 5.91 Å². The Labute approximate surface area is 189 Å². The first-order valence-corrected chi connectivity index (χ1v) is 11.7. The molecule has 0 bridgehead atoms. The number of aromatic nitrogens is 3. The lowest BCUT2D eigenvalue weighted by Gasteiger charge is -2.40. The van der Waals surface area contributed by atoms with Crippen LogP contribution >= 0.6 is 0 Å². The fourth-order valence-electron chi connectivity index (χ4n) is 5.12. The molecule has 2 aromatic heterocycles. The van der Waals surface area contributed by atoms with Gasteiger partial charge in [-0.1, -0.05) is 12.1 Å². The number of imidazole rings is 1. The van der Waals surface area contributed by atoms with Crippen LogP contribution in [-0.4, -0.2) is 69.5 Å². The molecule has 2 aliphatic heterocycles. The van der Waals surface area contributed by atoms with E-state index in [4.69, 9.17) is 0 Å². The summed E-state index contributed by atoms with van der Waals surface area (Å²) in [5, 5.41) is 5.19. The molecule has 2 saturated heterocycles. The lowest BCUT2D eigenvalue weighted by atomic mass is 9.93. The molecule has 2 fully saturated rings. The van der Waals surface area contributed by atoms with Crippen molar-refractivity contribution < 1.29 is 4.79 Å². The zero-order chi connectivity index (χ0) is 22.1. The van der Waals surface area contributed by atoms with Crippen molar-refractivity contribution in [3.63, 3.8) is 0 Å². The first-order valence-electron chi connectivity index (χ1n) is 11.7. The van der Waals surface area contributed by atoms with Gasteiger partial charge in [-0.15, -0.1) is 0 Å². The molecule has 0 spiro atoms. The summed E-state index contributed by atoms with van der Waals surface area (Å²) in [5.41, 5.74) is 2.16. The molecular formula is C25H32N6O. The molecule has 1 aromatic carbocycles. The van der Waals surface area contributed by atoms with E-state index >= 15 is 0 Å². The summed E-state index contributed by atoms with van der Waals surface area (Å²) in [6, 6.07) is 8.93. The first-order chi connectivity index (χ1) is 15.6. The van der Waals surface area contributed by atoms with Crippen molar-refractivity contribution in [3.8, 4) is 11.3 Å². The highest BCUT2D eigenvalue weighted by atomic mass is 16.1. The van der Waals surface area contributed by atoms with Gasteiger partial charge in [-0.05, 0) is 76.4 Å². The summed E-state index contributed by atoms with van der Waals surface area (Å²) < 4.78 is 2.00. The van der Waals surface area contributed by atoms with E-state index in [2.05, 4.69) is 50.3 Å². The second-order valence-electron chi connectivity index (χ2n) is 9.36. The van der Waals surface area contributed by atoms with E-state index in [9.17, 15) is 4.79 Å². The molecule has 5 rings (SSSR count). The smallest absolute Gasteiger partial charge is 0.228 e. The van der Waals surface area contributed by atoms with E-state index < -0.39 is 0 Å². The van der Waals surface area contributed by atoms with Gasteiger partial charge in [0.05, 0.1) is 18.2 Å². The monoisotopic (exact) mass is 432 g/mol. The van der Waals surface area contributed by atoms with E-state index in [1.165, 1.54) is 25.9 Å². The topological polar surface area (TPSA) is 66.3 Å². The van der Waals surface area contributed by atoms with Gasteiger partial charge in [0.1, 0.15) is 5.82 Å². The number of pyridine rings is 1. The number of amides is 1. The first kappa shape index (κ1) is 21.1. The van der Waals surface area contributed by atoms with Gasteiger partial charge in [0.15, 0.2) is 0 Å². The van der Waals surface area contributed by atoms with Gasteiger partial charge in [0.25, 0.3) is 0 Å². The zero-order valence-corrected chi connectivity index (χ0v) is 19.0. The number of hydrogen-bond acceptors (Lipinski definition) is 5. The number of nitrogens with one attached hydrogen (secondary N) is 1. The Bertz CT molecular complexity index is 1090. The van der Waals surface area contributed by atoms with Crippen LogP contribution in [-0.2, 0) is 11.8 Å². The molecule has 2 aliphatic rings. The van der Waals surface area contributed by atoms with Gasteiger partial charge in [0, 0.05) is 36.2 Å². The summed E-state index contributed by atoms with van der Waals surface area (Å²) in [5.74, 6) is 0.792. The van der Waals surface area contributed by atoms with Crippen molar-refractivity contribution in [3.05, 3.63) is 43.0 Å². The number of hydrogen-bond donors (Lipinski definition) is 1. The minimum Gasteiger partial charge on any atom is -0.334 e. The minimum atomic E-state index is 0.0655. The number of nitrogens with zero attached hydrogens (tertiary/aromatic N) is 5. The molecule has 0 unspecified atom stereocenters. The van der Waals surface area contributed by atoms with Crippen LogP contribution in [0.25, 0.3) is 22.0 Å². The van der Waals surface area contributed by atoms with Crippen LogP contribution in [0.1, 0.15) is 25.7 Å². The van der Waals surface area contributed by atoms with E-state index in [-0.39, 0.29) is 11.8 Å². The van der Waals surface area contributed by atoms with Crippen molar-refractivity contribution in [1.29, 1.82) is 0 Å². The number of benzene rings is 1. The van der Waals surface area contributed by atoms with Crippen LogP contribution < -0.4 is 5.32 Å². The average molecular weight is 433 g/mol. The third kappa shape index (κ3) is 4.40. The van der Waals surface area contributed by atoms with E-state index in [0.717, 1.165) is 48.0 Å². The molecule has 1 N–H and O–H groups in total. The maximum atomic E-state index is 12.9. The summed E-state index contributed by atoms with van der Waals surface area (Å²) in [6.45, 7) is 4.40. The second kappa shape index (κ2) is 9.00. The Kier molecular flexibility index (Phi) is 5.93. The summed E-state index contributed by atoms with van der Waals surface area (Å²) in [6.07, 6.45) is 9.84. The molecule has 0 radical (unpaired) electrons. The average Bonchev–Trinajstić information content (AvgIpc) is 3.25. The lowest BCUT2D eigenvalue weighted by Crippen LogP contribution is -2.48. The number of aryl methyl sites for hydroxylation is 1. The van der Waals surface area contributed by atoms with E-state index in [1.54, 1.807) is 6.33 Å².